The molecule has 0 rings (SSSR count). The van der Waals surface area contributed by atoms with Crippen LogP contribution in [0.5, 0.6) is 0 Å². The quantitative estimate of drug-likeness (QED) is 0.411. The minimum atomic E-state index is -1.03. The van der Waals surface area contributed by atoms with Gasteiger partial charge >= 0.3 is 5.97 Å². The van der Waals surface area contributed by atoms with Crippen LogP contribution in [0, 0.1) is 0 Å². The van der Waals surface area contributed by atoms with Crippen LogP contribution >= 0.6 is 0 Å². The third-order valence-corrected chi connectivity index (χ3v) is 0.828. The fourth-order valence-corrected chi connectivity index (χ4v) is 0.398. The van der Waals surface area contributed by atoms with E-state index in [1.165, 1.54) is 0 Å². The first-order valence-electron chi connectivity index (χ1n) is 2.80. The van der Waals surface area contributed by atoms with Crippen LogP contribution in [0.2, 0.25) is 0 Å². The number of aliphatic hydroxyl groups is 2. The zero-order valence-corrected chi connectivity index (χ0v) is 5.49. The number of carbonyl (C=O) groups is 1. The number of ether oxygens (including phenoxy) is 1. The van der Waals surface area contributed by atoms with E-state index in [2.05, 4.69) is 11.3 Å². The van der Waals surface area contributed by atoms with Crippen LogP contribution in [0.25, 0.3) is 0 Å². The predicted octanol–water partition coefficient (Wildman–Crippen LogP) is -0.584. The number of rotatable bonds is 4. The summed E-state index contributed by atoms with van der Waals surface area (Å²) in [5, 5.41) is 16.9. The van der Waals surface area contributed by atoms with Crippen molar-refractivity contribution in [2.75, 3.05) is 6.61 Å². The highest BCUT2D eigenvalue weighted by molar-refractivity contribution is 5.70. The SMILES string of the molecule is C=COC(=O)CC(O)CO. The Hall–Kier alpha value is -0.870. The standard InChI is InChI=1S/C6H10O4/c1-2-10-6(9)3-5(8)4-7/h2,5,7-8H,1,3-4H2. The molecule has 0 amide bonds. The number of hydrogen-bond acceptors (Lipinski definition) is 4. The van der Waals surface area contributed by atoms with Crippen molar-refractivity contribution in [2.24, 2.45) is 0 Å². The first-order chi connectivity index (χ1) is 4.70. The van der Waals surface area contributed by atoms with Crippen LogP contribution in [0.15, 0.2) is 12.8 Å². The van der Waals surface area contributed by atoms with Crippen molar-refractivity contribution in [3.8, 4) is 0 Å². The highest BCUT2D eigenvalue weighted by Gasteiger charge is 2.08. The van der Waals surface area contributed by atoms with Gasteiger partial charge in [-0.3, -0.25) is 4.79 Å². The topological polar surface area (TPSA) is 66.8 Å². The largest absolute Gasteiger partial charge is 0.435 e. The molecule has 10 heavy (non-hydrogen) atoms. The van der Waals surface area contributed by atoms with E-state index in [1.54, 1.807) is 0 Å². The fraction of sp³-hybridized carbons (Fsp3) is 0.500. The highest BCUT2D eigenvalue weighted by atomic mass is 16.5. The summed E-state index contributed by atoms with van der Waals surface area (Å²) in [6.45, 7) is 2.71. The maximum Gasteiger partial charge on any atom is 0.313 e. The van der Waals surface area contributed by atoms with E-state index in [-0.39, 0.29) is 6.42 Å². The lowest BCUT2D eigenvalue weighted by Crippen LogP contribution is -2.17. The molecule has 0 fully saturated rings. The van der Waals surface area contributed by atoms with Crippen molar-refractivity contribution in [1.82, 2.24) is 0 Å². The van der Waals surface area contributed by atoms with E-state index in [4.69, 9.17) is 10.2 Å². The molecule has 0 aromatic heterocycles. The normalized spacial score (nSPS) is 12.2. The van der Waals surface area contributed by atoms with Gasteiger partial charge in [-0.05, 0) is 0 Å². The Morgan fingerprint density at radius 3 is 2.80 bits per heavy atom. The second kappa shape index (κ2) is 4.96. The van der Waals surface area contributed by atoms with E-state index in [1.807, 2.05) is 0 Å². The summed E-state index contributed by atoms with van der Waals surface area (Å²) >= 11 is 0. The molecule has 0 aromatic carbocycles. The van der Waals surface area contributed by atoms with Gasteiger partial charge in [0.1, 0.15) is 0 Å². The second-order valence-electron chi connectivity index (χ2n) is 1.70. The van der Waals surface area contributed by atoms with Gasteiger partial charge in [-0.1, -0.05) is 6.58 Å². The van der Waals surface area contributed by atoms with Crippen LogP contribution in [0.4, 0.5) is 0 Å². The van der Waals surface area contributed by atoms with E-state index >= 15 is 0 Å². The molecular formula is C6H10O4. The molecule has 0 aliphatic heterocycles. The van der Waals surface area contributed by atoms with E-state index < -0.39 is 18.7 Å². The number of hydrogen-bond donors (Lipinski definition) is 2. The van der Waals surface area contributed by atoms with Gasteiger partial charge in [0, 0.05) is 0 Å². The smallest absolute Gasteiger partial charge is 0.313 e. The fourth-order valence-electron chi connectivity index (χ4n) is 0.398. The minimum Gasteiger partial charge on any atom is -0.435 e. The third-order valence-electron chi connectivity index (χ3n) is 0.828. The molecule has 4 heteroatoms. The molecule has 0 saturated heterocycles. The molecule has 1 atom stereocenters. The molecule has 0 heterocycles. The Balaban J connectivity index is 3.46. The Kier molecular flexibility index (Phi) is 4.53. The van der Waals surface area contributed by atoms with Crippen molar-refractivity contribution in [1.29, 1.82) is 0 Å². The van der Waals surface area contributed by atoms with Gasteiger partial charge in [0.25, 0.3) is 0 Å². The average molecular weight is 146 g/mol. The lowest BCUT2D eigenvalue weighted by atomic mass is 10.3. The molecule has 0 aliphatic rings. The maximum atomic E-state index is 10.4. The molecule has 2 N–H and O–H groups in total. The number of aliphatic hydroxyl groups excluding tert-OH is 2. The van der Waals surface area contributed by atoms with Crippen LogP contribution in [-0.4, -0.2) is 28.9 Å². The van der Waals surface area contributed by atoms with Crippen molar-refractivity contribution < 1.29 is 19.7 Å². The Morgan fingerprint density at radius 1 is 1.80 bits per heavy atom. The predicted molar refractivity (Wildman–Crippen MR) is 34.0 cm³/mol. The van der Waals surface area contributed by atoms with Gasteiger partial charge < -0.3 is 14.9 Å². The first-order valence-corrected chi connectivity index (χ1v) is 2.80. The van der Waals surface area contributed by atoms with Crippen molar-refractivity contribution in [2.45, 2.75) is 12.5 Å². The summed E-state index contributed by atoms with van der Waals surface area (Å²) in [6.07, 6.45) is -0.262. The molecule has 0 aliphatic carbocycles. The summed E-state index contributed by atoms with van der Waals surface area (Å²) in [5.74, 6) is -0.600. The third kappa shape index (κ3) is 4.05. The molecule has 0 radical (unpaired) electrons. The van der Waals surface area contributed by atoms with Crippen molar-refractivity contribution in [3.63, 3.8) is 0 Å². The maximum absolute atomic E-state index is 10.4. The summed E-state index contributed by atoms with van der Waals surface area (Å²) in [4.78, 5) is 10.4. The van der Waals surface area contributed by atoms with Gasteiger partial charge in [-0.25, -0.2) is 0 Å². The average Bonchev–Trinajstić information content (AvgIpc) is 1.88. The first kappa shape index (κ1) is 9.13. The molecule has 4 nitrogen and oxygen atoms in total. The van der Waals surface area contributed by atoms with E-state index in [9.17, 15) is 4.79 Å². The van der Waals surface area contributed by atoms with Crippen LogP contribution in [0.1, 0.15) is 6.42 Å². The number of esters is 1. The zero-order chi connectivity index (χ0) is 7.98. The molecule has 1 unspecified atom stereocenters. The van der Waals surface area contributed by atoms with E-state index in [0.717, 1.165) is 6.26 Å². The number of carbonyl (C=O) groups excluding carboxylic acids is 1. The van der Waals surface area contributed by atoms with E-state index in [0.29, 0.717) is 0 Å². The van der Waals surface area contributed by atoms with Gasteiger partial charge in [-0.2, -0.15) is 0 Å². The summed E-state index contributed by atoms with van der Waals surface area (Å²) in [6, 6.07) is 0. The monoisotopic (exact) mass is 146 g/mol. The molecule has 0 aromatic rings. The van der Waals surface area contributed by atoms with Gasteiger partial charge in [0.2, 0.25) is 0 Å². The minimum absolute atomic E-state index is 0.206. The van der Waals surface area contributed by atoms with Crippen LogP contribution < -0.4 is 0 Å². The Labute approximate surface area is 58.7 Å². The lowest BCUT2D eigenvalue weighted by Gasteiger charge is -2.03. The Bertz CT molecular complexity index is 121. The molecule has 0 saturated carbocycles. The van der Waals surface area contributed by atoms with Crippen molar-refractivity contribution in [3.05, 3.63) is 12.8 Å². The highest BCUT2D eigenvalue weighted by Crippen LogP contribution is 1.92. The summed E-state index contributed by atoms with van der Waals surface area (Å²) in [5.41, 5.74) is 0. The molecule has 0 bridgehead atoms. The zero-order valence-electron chi connectivity index (χ0n) is 5.49. The lowest BCUT2D eigenvalue weighted by molar-refractivity contribution is -0.140. The second-order valence-corrected chi connectivity index (χ2v) is 1.70. The molecule has 0 spiro atoms. The summed E-state index contributed by atoms with van der Waals surface area (Å²) in [7, 11) is 0. The van der Waals surface area contributed by atoms with Crippen molar-refractivity contribution >= 4 is 5.97 Å². The van der Waals surface area contributed by atoms with Gasteiger partial charge in [0.05, 0.1) is 25.4 Å². The van der Waals surface area contributed by atoms with Crippen LogP contribution in [0.3, 0.4) is 0 Å². The summed E-state index contributed by atoms with van der Waals surface area (Å²) < 4.78 is 4.27. The molecule has 58 valence electrons. The van der Waals surface area contributed by atoms with Gasteiger partial charge in [0.15, 0.2) is 0 Å². The van der Waals surface area contributed by atoms with Crippen LogP contribution in [-0.2, 0) is 9.53 Å². The molecular weight excluding hydrogens is 136 g/mol. The Morgan fingerprint density at radius 2 is 2.40 bits per heavy atom. The van der Waals surface area contributed by atoms with Gasteiger partial charge in [-0.15, -0.1) is 0 Å².